The number of hydrogen-bond donors (Lipinski definition) is 4. The molecule has 0 saturated heterocycles. The third-order valence-electron chi connectivity index (χ3n) is 4.04. The number of nitrogens with two attached hydrogens (primary N) is 1. The normalized spacial score (nSPS) is 10.3. The Balaban J connectivity index is 1.85. The van der Waals surface area contributed by atoms with Crippen molar-refractivity contribution in [1.29, 1.82) is 5.26 Å². The Kier molecular flexibility index (Phi) is 5.53. The zero-order chi connectivity index (χ0) is 20.1. The Morgan fingerprint density at radius 3 is 2.64 bits per heavy atom. The average Bonchev–Trinajstić information content (AvgIpc) is 3.01. The van der Waals surface area contributed by atoms with E-state index in [-0.39, 0.29) is 11.6 Å². The van der Waals surface area contributed by atoms with Gasteiger partial charge in [-0.25, -0.2) is 14.5 Å². The zero-order valence-electron chi connectivity index (χ0n) is 15.2. The Morgan fingerprint density at radius 1 is 1.29 bits per heavy atom. The SMILES string of the molecule is Cc1[nH]n(-c2ccc(NC(=O)NCCN)cn2)c(=O)c1-c1ccc(C#N)cc1. The van der Waals surface area contributed by atoms with Crippen molar-refractivity contribution in [3.8, 4) is 23.0 Å². The molecule has 9 nitrogen and oxygen atoms in total. The van der Waals surface area contributed by atoms with Gasteiger partial charge in [-0.3, -0.25) is 9.89 Å². The first kappa shape index (κ1) is 18.9. The molecule has 0 aliphatic heterocycles. The van der Waals surface area contributed by atoms with Crippen LogP contribution in [0.2, 0.25) is 0 Å². The van der Waals surface area contributed by atoms with Gasteiger partial charge >= 0.3 is 6.03 Å². The lowest BCUT2D eigenvalue weighted by molar-refractivity contribution is 0.252. The summed E-state index contributed by atoms with van der Waals surface area (Å²) >= 11 is 0. The highest BCUT2D eigenvalue weighted by molar-refractivity contribution is 5.89. The summed E-state index contributed by atoms with van der Waals surface area (Å²) in [4.78, 5) is 28.7. The summed E-state index contributed by atoms with van der Waals surface area (Å²) in [5.41, 5.74) is 8.00. The summed E-state index contributed by atoms with van der Waals surface area (Å²) < 4.78 is 1.33. The summed E-state index contributed by atoms with van der Waals surface area (Å²) in [7, 11) is 0. The second kappa shape index (κ2) is 8.20. The van der Waals surface area contributed by atoms with Crippen LogP contribution < -0.4 is 21.9 Å². The van der Waals surface area contributed by atoms with Crippen molar-refractivity contribution in [2.75, 3.05) is 18.4 Å². The van der Waals surface area contributed by atoms with E-state index in [0.29, 0.717) is 47.0 Å². The van der Waals surface area contributed by atoms with Gasteiger partial charge in [0.05, 0.1) is 29.1 Å². The van der Waals surface area contributed by atoms with Crippen molar-refractivity contribution in [2.45, 2.75) is 6.92 Å². The van der Waals surface area contributed by atoms with E-state index in [4.69, 9.17) is 11.0 Å². The molecular weight excluding hydrogens is 358 g/mol. The molecule has 9 heteroatoms. The number of anilines is 1. The van der Waals surface area contributed by atoms with Crippen LogP contribution in [-0.2, 0) is 0 Å². The Bertz CT molecular complexity index is 1070. The lowest BCUT2D eigenvalue weighted by Crippen LogP contribution is -2.32. The molecular formula is C19H19N7O2. The molecule has 5 N–H and O–H groups in total. The molecule has 3 aromatic rings. The van der Waals surface area contributed by atoms with Crippen LogP contribution in [0.15, 0.2) is 47.4 Å². The van der Waals surface area contributed by atoms with Gasteiger partial charge < -0.3 is 16.4 Å². The summed E-state index contributed by atoms with van der Waals surface area (Å²) in [6.45, 7) is 2.51. The van der Waals surface area contributed by atoms with Crippen LogP contribution in [0.3, 0.4) is 0 Å². The van der Waals surface area contributed by atoms with Gasteiger partial charge in [0.25, 0.3) is 5.56 Å². The summed E-state index contributed by atoms with van der Waals surface area (Å²) in [6, 6.07) is 11.8. The first-order valence-electron chi connectivity index (χ1n) is 8.57. The first-order valence-corrected chi connectivity index (χ1v) is 8.57. The number of amides is 2. The molecule has 2 heterocycles. The predicted molar refractivity (Wildman–Crippen MR) is 105 cm³/mol. The minimum absolute atomic E-state index is 0.254. The lowest BCUT2D eigenvalue weighted by atomic mass is 10.1. The molecule has 2 amide bonds. The fourth-order valence-corrected chi connectivity index (χ4v) is 2.71. The highest BCUT2D eigenvalue weighted by Gasteiger charge is 2.15. The van der Waals surface area contributed by atoms with Crippen molar-refractivity contribution in [1.82, 2.24) is 20.1 Å². The van der Waals surface area contributed by atoms with E-state index in [1.54, 1.807) is 43.3 Å². The molecule has 0 atom stereocenters. The number of nitrogens with zero attached hydrogens (tertiary/aromatic N) is 3. The number of nitriles is 1. The van der Waals surface area contributed by atoms with E-state index in [2.05, 4.69) is 26.8 Å². The van der Waals surface area contributed by atoms with Gasteiger partial charge in [-0.05, 0) is 36.8 Å². The number of hydrogen-bond acceptors (Lipinski definition) is 5. The number of carbonyl (C=O) groups excluding carboxylic acids is 1. The molecule has 142 valence electrons. The summed E-state index contributed by atoms with van der Waals surface area (Å²) in [5, 5.41) is 17.1. The topological polar surface area (TPSA) is 142 Å². The van der Waals surface area contributed by atoms with Crippen molar-refractivity contribution < 1.29 is 4.79 Å². The second-order valence-electron chi connectivity index (χ2n) is 6.02. The third-order valence-corrected chi connectivity index (χ3v) is 4.04. The first-order chi connectivity index (χ1) is 13.5. The molecule has 0 spiro atoms. The monoisotopic (exact) mass is 377 g/mol. The number of H-pyrrole nitrogens is 1. The molecule has 0 radical (unpaired) electrons. The van der Waals surface area contributed by atoms with Crippen LogP contribution in [0.25, 0.3) is 16.9 Å². The van der Waals surface area contributed by atoms with Crippen molar-refractivity contribution in [3.05, 3.63) is 64.2 Å². The zero-order valence-corrected chi connectivity index (χ0v) is 15.2. The largest absolute Gasteiger partial charge is 0.337 e. The predicted octanol–water partition coefficient (Wildman–Crippen LogP) is 1.49. The fourth-order valence-electron chi connectivity index (χ4n) is 2.71. The minimum atomic E-state index is -0.379. The van der Waals surface area contributed by atoms with Gasteiger partial charge in [0.15, 0.2) is 5.82 Å². The number of nitrogens with one attached hydrogen (secondary N) is 3. The van der Waals surface area contributed by atoms with Crippen LogP contribution in [0, 0.1) is 18.3 Å². The van der Waals surface area contributed by atoms with Gasteiger partial charge in [-0.1, -0.05) is 12.1 Å². The fraction of sp³-hybridized carbons (Fsp3) is 0.158. The van der Waals surface area contributed by atoms with E-state index in [9.17, 15) is 9.59 Å². The maximum atomic E-state index is 12.9. The van der Waals surface area contributed by atoms with Crippen LogP contribution in [-0.4, -0.2) is 33.9 Å². The van der Waals surface area contributed by atoms with Gasteiger partial charge in [0, 0.05) is 18.8 Å². The van der Waals surface area contributed by atoms with Crippen molar-refractivity contribution in [3.63, 3.8) is 0 Å². The number of urea groups is 1. The number of benzene rings is 1. The van der Waals surface area contributed by atoms with Gasteiger partial charge in [0.2, 0.25) is 0 Å². The molecule has 0 fully saturated rings. The highest BCUT2D eigenvalue weighted by atomic mass is 16.2. The number of pyridine rings is 1. The van der Waals surface area contributed by atoms with Crippen LogP contribution in [0.5, 0.6) is 0 Å². The van der Waals surface area contributed by atoms with Crippen molar-refractivity contribution in [2.24, 2.45) is 5.73 Å². The maximum absolute atomic E-state index is 12.9. The standard InChI is InChI=1S/C19H19N7O2/c1-12-17(14-4-2-13(10-21)3-5-14)18(27)26(25-12)16-7-6-15(11-23-16)24-19(28)22-9-8-20/h2-7,11,25H,8-9,20H2,1H3,(H2,22,24,28). The second-order valence-corrected chi connectivity index (χ2v) is 6.02. The quantitative estimate of drug-likeness (QED) is 0.533. The van der Waals surface area contributed by atoms with E-state index < -0.39 is 0 Å². The molecule has 0 saturated carbocycles. The molecule has 3 rings (SSSR count). The smallest absolute Gasteiger partial charge is 0.319 e. The van der Waals surface area contributed by atoms with Gasteiger partial charge in [-0.15, -0.1) is 0 Å². The highest BCUT2D eigenvalue weighted by Crippen LogP contribution is 2.20. The average molecular weight is 377 g/mol. The van der Waals surface area contributed by atoms with Gasteiger partial charge in [-0.2, -0.15) is 5.26 Å². The maximum Gasteiger partial charge on any atom is 0.319 e. The van der Waals surface area contributed by atoms with E-state index in [1.807, 2.05) is 0 Å². The number of aryl methyl sites for hydroxylation is 1. The number of carbonyl (C=O) groups is 1. The molecule has 28 heavy (non-hydrogen) atoms. The van der Waals surface area contributed by atoms with Crippen LogP contribution in [0.4, 0.5) is 10.5 Å². The van der Waals surface area contributed by atoms with E-state index >= 15 is 0 Å². The minimum Gasteiger partial charge on any atom is -0.337 e. The summed E-state index contributed by atoms with van der Waals surface area (Å²) in [6.07, 6.45) is 1.46. The van der Waals surface area contributed by atoms with Crippen molar-refractivity contribution >= 4 is 11.7 Å². The van der Waals surface area contributed by atoms with E-state index in [0.717, 1.165) is 0 Å². The van der Waals surface area contributed by atoms with Crippen LogP contribution >= 0.6 is 0 Å². The number of aromatic amines is 1. The third kappa shape index (κ3) is 3.92. The molecule has 0 bridgehead atoms. The number of aromatic nitrogens is 3. The lowest BCUT2D eigenvalue weighted by Gasteiger charge is -2.07. The Labute approximate surface area is 160 Å². The van der Waals surface area contributed by atoms with Crippen LogP contribution in [0.1, 0.15) is 11.3 Å². The molecule has 0 aliphatic rings. The number of rotatable bonds is 5. The Hall–Kier alpha value is -3.90. The van der Waals surface area contributed by atoms with E-state index in [1.165, 1.54) is 10.9 Å². The Morgan fingerprint density at radius 2 is 2.04 bits per heavy atom. The molecule has 0 unspecified atom stereocenters. The van der Waals surface area contributed by atoms with Gasteiger partial charge in [0.1, 0.15) is 0 Å². The molecule has 2 aromatic heterocycles. The summed E-state index contributed by atoms with van der Waals surface area (Å²) in [5.74, 6) is 0.390. The molecule has 0 aliphatic carbocycles. The molecule has 1 aromatic carbocycles.